The SMILES string of the molecule is CC(C)Nc1nc2cc(C(=O)O)cc(F)c2o1. The highest BCUT2D eigenvalue weighted by Crippen LogP contribution is 2.23. The van der Waals surface area contributed by atoms with Crippen molar-refractivity contribution in [3.8, 4) is 0 Å². The second-order valence-electron chi connectivity index (χ2n) is 3.93. The minimum Gasteiger partial charge on any atom is -0.478 e. The molecule has 0 spiro atoms. The summed E-state index contributed by atoms with van der Waals surface area (Å²) in [6.45, 7) is 3.77. The quantitative estimate of drug-likeness (QED) is 0.859. The maximum atomic E-state index is 13.5. The summed E-state index contributed by atoms with van der Waals surface area (Å²) in [6, 6.07) is 2.45. The first-order chi connectivity index (χ1) is 7.97. The third-order valence-electron chi connectivity index (χ3n) is 2.10. The van der Waals surface area contributed by atoms with Gasteiger partial charge in [-0.1, -0.05) is 0 Å². The van der Waals surface area contributed by atoms with E-state index >= 15 is 0 Å². The van der Waals surface area contributed by atoms with Gasteiger partial charge in [-0.15, -0.1) is 0 Å². The van der Waals surface area contributed by atoms with Gasteiger partial charge < -0.3 is 14.8 Å². The lowest BCUT2D eigenvalue weighted by molar-refractivity contribution is 0.0696. The molecule has 0 aliphatic rings. The van der Waals surface area contributed by atoms with Crippen LogP contribution < -0.4 is 5.32 Å². The lowest BCUT2D eigenvalue weighted by Crippen LogP contribution is -2.09. The summed E-state index contributed by atoms with van der Waals surface area (Å²) >= 11 is 0. The zero-order valence-electron chi connectivity index (χ0n) is 9.32. The van der Waals surface area contributed by atoms with Gasteiger partial charge in [0, 0.05) is 6.04 Å². The van der Waals surface area contributed by atoms with E-state index in [1.165, 1.54) is 6.07 Å². The molecule has 17 heavy (non-hydrogen) atoms. The Kier molecular flexibility index (Phi) is 2.71. The maximum absolute atomic E-state index is 13.5. The van der Waals surface area contributed by atoms with Crippen LogP contribution in [0.15, 0.2) is 16.5 Å². The number of hydrogen-bond donors (Lipinski definition) is 2. The van der Waals surface area contributed by atoms with Crippen molar-refractivity contribution in [2.75, 3.05) is 5.32 Å². The molecule has 2 N–H and O–H groups in total. The van der Waals surface area contributed by atoms with Crippen LogP contribution >= 0.6 is 0 Å². The lowest BCUT2D eigenvalue weighted by atomic mass is 10.2. The molecule has 0 fully saturated rings. The molecule has 5 nitrogen and oxygen atoms in total. The molecule has 2 aromatic rings. The van der Waals surface area contributed by atoms with Crippen LogP contribution in [-0.4, -0.2) is 22.1 Å². The van der Waals surface area contributed by atoms with Crippen molar-refractivity contribution in [2.24, 2.45) is 0 Å². The highest BCUT2D eigenvalue weighted by molar-refractivity contribution is 5.92. The molecule has 0 aliphatic carbocycles. The molecule has 0 aliphatic heterocycles. The Bertz CT molecular complexity index is 577. The fourth-order valence-corrected chi connectivity index (χ4v) is 1.42. The van der Waals surface area contributed by atoms with Crippen molar-refractivity contribution in [1.29, 1.82) is 0 Å². The largest absolute Gasteiger partial charge is 0.478 e. The van der Waals surface area contributed by atoms with Crippen LogP contribution in [0.1, 0.15) is 24.2 Å². The molecular weight excluding hydrogens is 227 g/mol. The highest BCUT2D eigenvalue weighted by Gasteiger charge is 2.15. The third kappa shape index (κ3) is 2.20. The molecule has 1 aromatic carbocycles. The number of rotatable bonds is 3. The standard InChI is InChI=1S/C11H11FN2O3/c1-5(2)13-11-14-8-4-6(10(15)16)3-7(12)9(8)17-11/h3-5H,1-2H3,(H,13,14)(H,15,16). The first kappa shape index (κ1) is 11.4. The second-order valence-corrected chi connectivity index (χ2v) is 3.93. The summed E-state index contributed by atoms with van der Waals surface area (Å²) in [6.07, 6.45) is 0. The number of aromatic nitrogens is 1. The van der Waals surface area contributed by atoms with Crippen LogP contribution in [-0.2, 0) is 0 Å². The average Bonchev–Trinajstić information content (AvgIpc) is 2.59. The van der Waals surface area contributed by atoms with E-state index in [0.717, 1.165) is 6.07 Å². The summed E-state index contributed by atoms with van der Waals surface area (Å²) in [5, 5.41) is 11.7. The Morgan fingerprint density at radius 3 is 2.82 bits per heavy atom. The van der Waals surface area contributed by atoms with E-state index in [0.29, 0.717) is 0 Å². The average molecular weight is 238 g/mol. The Hall–Kier alpha value is -2.11. The van der Waals surface area contributed by atoms with Gasteiger partial charge in [0.2, 0.25) is 0 Å². The molecule has 0 amide bonds. The number of halogens is 1. The topological polar surface area (TPSA) is 75.4 Å². The molecule has 0 saturated heterocycles. The lowest BCUT2D eigenvalue weighted by Gasteiger charge is -2.02. The van der Waals surface area contributed by atoms with E-state index in [1.807, 2.05) is 13.8 Å². The number of carboxylic acid groups (broad SMARTS) is 1. The third-order valence-corrected chi connectivity index (χ3v) is 2.10. The molecule has 0 saturated carbocycles. The van der Waals surface area contributed by atoms with E-state index in [9.17, 15) is 9.18 Å². The summed E-state index contributed by atoms with van der Waals surface area (Å²) < 4.78 is 18.7. The van der Waals surface area contributed by atoms with Gasteiger partial charge in [-0.05, 0) is 26.0 Å². The number of fused-ring (bicyclic) bond motifs is 1. The molecule has 1 aromatic heterocycles. The number of nitrogens with zero attached hydrogens (tertiary/aromatic N) is 1. The highest BCUT2D eigenvalue weighted by atomic mass is 19.1. The van der Waals surface area contributed by atoms with E-state index < -0.39 is 11.8 Å². The Morgan fingerprint density at radius 1 is 1.53 bits per heavy atom. The molecule has 90 valence electrons. The zero-order valence-corrected chi connectivity index (χ0v) is 9.32. The predicted molar refractivity (Wildman–Crippen MR) is 59.7 cm³/mol. The Balaban J connectivity index is 2.52. The number of hydrogen-bond acceptors (Lipinski definition) is 4. The van der Waals surface area contributed by atoms with Crippen molar-refractivity contribution in [3.05, 3.63) is 23.5 Å². The van der Waals surface area contributed by atoms with E-state index in [4.69, 9.17) is 9.52 Å². The molecule has 0 bridgehead atoms. The summed E-state index contributed by atoms with van der Waals surface area (Å²) in [5.74, 6) is -1.93. The van der Waals surface area contributed by atoms with Gasteiger partial charge in [0.05, 0.1) is 5.56 Å². The van der Waals surface area contributed by atoms with Crippen molar-refractivity contribution >= 4 is 23.1 Å². The van der Waals surface area contributed by atoms with E-state index in [2.05, 4.69) is 10.3 Å². The van der Waals surface area contributed by atoms with Gasteiger partial charge in [-0.25, -0.2) is 9.18 Å². The van der Waals surface area contributed by atoms with Gasteiger partial charge in [0.1, 0.15) is 5.52 Å². The van der Waals surface area contributed by atoms with Crippen molar-refractivity contribution in [3.63, 3.8) is 0 Å². The molecule has 2 rings (SSSR count). The van der Waals surface area contributed by atoms with Gasteiger partial charge in [0.25, 0.3) is 6.01 Å². The van der Waals surface area contributed by atoms with Crippen molar-refractivity contribution < 1.29 is 18.7 Å². The van der Waals surface area contributed by atoms with Crippen LogP contribution in [0.2, 0.25) is 0 Å². The molecular formula is C11H11FN2O3. The molecule has 6 heteroatoms. The van der Waals surface area contributed by atoms with E-state index in [-0.39, 0.29) is 28.7 Å². The fraction of sp³-hybridized carbons (Fsp3) is 0.273. The molecule has 1 heterocycles. The first-order valence-electron chi connectivity index (χ1n) is 5.07. The number of aromatic carboxylic acids is 1. The summed E-state index contributed by atoms with van der Waals surface area (Å²) in [5.41, 5.74) is -0.0110. The molecule has 0 unspecified atom stereocenters. The Morgan fingerprint density at radius 2 is 2.24 bits per heavy atom. The number of nitrogens with one attached hydrogen (secondary N) is 1. The molecule has 0 atom stereocenters. The van der Waals surface area contributed by atoms with Gasteiger partial charge in [-0.2, -0.15) is 4.98 Å². The van der Waals surface area contributed by atoms with Crippen LogP contribution in [0.4, 0.5) is 10.4 Å². The van der Waals surface area contributed by atoms with Crippen LogP contribution in [0.5, 0.6) is 0 Å². The van der Waals surface area contributed by atoms with E-state index in [1.54, 1.807) is 0 Å². The van der Waals surface area contributed by atoms with Crippen LogP contribution in [0.25, 0.3) is 11.1 Å². The molecule has 0 radical (unpaired) electrons. The minimum absolute atomic E-state index is 0.0434. The van der Waals surface area contributed by atoms with Crippen molar-refractivity contribution in [2.45, 2.75) is 19.9 Å². The smallest absolute Gasteiger partial charge is 0.335 e. The fourth-order valence-electron chi connectivity index (χ4n) is 1.42. The summed E-state index contributed by atoms with van der Waals surface area (Å²) in [4.78, 5) is 14.7. The van der Waals surface area contributed by atoms with Crippen LogP contribution in [0.3, 0.4) is 0 Å². The van der Waals surface area contributed by atoms with Gasteiger partial charge in [-0.3, -0.25) is 0 Å². The van der Waals surface area contributed by atoms with Gasteiger partial charge >= 0.3 is 5.97 Å². The number of benzene rings is 1. The zero-order chi connectivity index (χ0) is 12.6. The Labute approximate surface area is 96.3 Å². The monoisotopic (exact) mass is 238 g/mol. The van der Waals surface area contributed by atoms with Gasteiger partial charge in [0.15, 0.2) is 11.4 Å². The number of oxazole rings is 1. The number of anilines is 1. The normalized spacial score (nSPS) is 11.1. The van der Waals surface area contributed by atoms with Crippen LogP contribution in [0, 0.1) is 5.82 Å². The minimum atomic E-state index is -1.20. The first-order valence-corrected chi connectivity index (χ1v) is 5.07. The van der Waals surface area contributed by atoms with Crippen molar-refractivity contribution in [1.82, 2.24) is 4.98 Å². The summed E-state index contributed by atoms with van der Waals surface area (Å²) in [7, 11) is 0. The maximum Gasteiger partial charge on any atom is 0.335 e. The number of carboxylic acids is 1. The second kappa shape index (κ2) is 4.04. The number of carbonyl (C=O) groups is 1. The predicted octanol–water partition coefficient (Wildman–Crippen LogP) is 2.49.